The number of rotatable bonds is 4. The van der Waals surface area contributed by atoms with Crippen molar-refractivity contribution in [2.45, 2.75) is 24.9 Å². The van der Waals surface area contributed by atoms with Crippen molar-refractivity contribution >= 4 is 17.7 Å². The average Bonchev–Trinajstić information content (AvgIpc) is 2.96. The lowest BCUT2D eigenvalue weighted by molar-refractivity contribution is 0.0791. The van der Waals surface area contributed by atoms with Gasteiger partial charge in [-0.1, -0.05) is 54.1 Å². The largest absolute Gasteiger partial charge is 0.465 e. The molecule has 0 spiro atoms. The third-order valence-electron chi connectivity index (χ3n) is 4.89. The van der Waals surface area contributed by atoms with E-state index in [2.05, 4.69) is 5.32 Å². The lowest BCUT2D eigenvalue weighted by Crippen LogP contribution is -2.53. The number of nitrogens with zero attached hydrogens (tertiary/aromatic N) is 1. The Bertz CT molecular complexity index is 705. The van der Waals surface area contributed by atoms with Gasteiger partial charge in [-0.25, -0.2) is 4.79 Å². The molecule has 1 fully saturated rings. The Labute approximate surface area is 147 Å². The second-order valence-electron chi connectivity index (χ2n) is 6.45. The van der Waals surface area contributed by atoms with Gasteiger partial charge in [0.1, 0.15) is 0 Å². The summed E-state index contributed by atoms with van der Waals surface area (Å²) in [6.07, 6.45) is -0.899. The summed E-state index contributed by atoms with van der Waals surface area (Å²) < 4.78 is 0. The van der Waals surface area contributed by atoms with E-state index in [4.69, 9.17) is 11.6 Å². The first-order valence-corrected chi connectivity index (χ1v) is 8.39. The van der Waals surface area contributed by atoms with Crippen LogP contribution in [0.25, 0.3) is 0 Å². The summed E-state index contributed by atoms with van der Waals surface area (Å²) >= 11 is 5.99. The molecule has 5 heteroatoms. The fourth-order valence-electron chi connectivity index (χ4n) is 3.50. The zero-order valence-corrected chi connectivity index (χ0v) is 14.3. The van der Waals surface area contributed by atoms with E-state index < -0.39 is 11.6 Å². The van der Waals surface area contributed by atoms with Gasteiger partial charge in [-0.05, 0) is 30.2 Å². The molecule has 0 aliphatic carbocycles. The van der Waals surface area contributed by atoms with Crippen molar-refractivity contribution in [3.05, 3.63) is 70.7 Å². The van der Waals surface area contributed by atoms with Gasteiger partial charge in [-0.3, -0.25) is 4.90 Å². The maximum atomic E-state index is 12.0. The predicted octanol–water partition coefficient (Wildman–Crippen LogP) is 3.97. The Morgan fingerprint density at radius 2 is 1.92 bits per heavy atom. The van der Waals surface area contributed by atoms with Crippen LogP contribution in [0.2, 0.25) is 5.02 Å². The summed E-state index contributed by atoms with van der Waals surface area (Å²) in [5, 5.41) is 13.9. The van der Waals surface area contributed by atoms with Crippen molar-refractivity contribution in [2.24, 2.45) is 0 Å². The molecule has 0 saturated carbocycles. The molecule has 1 saturated heterocycles. The van der Waals surface area contributed by atoms with Crippen LogP contribution in [0.15, 0.2) is 54.6 Å². The van der Waals surface area contributed by atoms with Gasteiger partial charge in [-0.2, -0.15) is 0 Å². The summed E-state index contributed by atoms with van der Waals surface area (Å²) in [5.41, 5.74) is 1.57. The van der Waals surface area contributed by atoms with Crippen LogP contribution in [0.1, 0.15) is 24.0 Å². The summed E-state index contributed by atoms with van der Waals surface area (Å²) in [4.78, 5) is 13.6. The van der Waals surface area contributed by atoms with Gasteiger partial charge < -0.3 is 10.4 Å². The molecule has 24 heavy (non-hydrogen) atoms. The molecule has 1 aliphatic rings. The molecule has 4 nitrogen and oxygen atoms in total. The Kier molecular flexibility index (Phi) is 4.78. The fraction of sp³-hybridized carbons (Fsp3) is 0.316. The highest BCUT2D eigenvalue weighted by Gasteiger charge is 2.46. The van der Waals surface area contributed by atoms with Crippen molar-refractivity contribution < 1.29 is 9.90 Å². The Hall–Kier alpha value is -2.04. The molecule has 0 unspecified atom stereocenters. The number of nitrogens with one attached hydrogen (secondary N) is 1. The van der Waals surface area contributed by atoms with Crippen molar-refractivity contribution in [2.75, 3.05) is 13.1 Å². The van der Waals surface area contributed by atoms with Crippen molar-refractivity contribution in [3.8, 4) is 0 Å². The minimum absolute atomic E-state index is 0.0783. The van der Waals surface area contributed by atoms with Crippen LogP contribution in [0, 0.1) is 0 Å². The number of benzene rings is 2. The van der Waals surface area contributed by atoms with E-state index in [1.807, 2.05) is 61.5 Å². The molecular weight excluding hydrogens is 324 g/mol. The van der Waals surface area contributed by atoms with Crippen LogP contribution >= 0.6 is 11.6 Å². The number of carboxylic acid groups (broad SMARTS) is 1. The molecule has 0 bridgehead atoms. The molecule has 1 amide bonds. The summed E-state index contributed by atoms with van der Waals surface area (Å²) in [6.45, 7) is 3.76. The normalized spacial score (nSPS) is 23.2. The summed E-state index contributed by atoms with van der Waals surface area (Å²) in [5.74, 6) is 0.0783. The number of hydrogen-bond acceptors (Lipinski definition) is 2. The second kappa shape index (κ2) is 6.83. The maximum absolute atomic E-state index is 12.0. The van der Waals surface area contributed by atoms with Gasteiger partial charge in [0, 0.05) is 30.6 Å². The maximum Gasteiger partial charge on any atom is 0.408 e. The van der Waals surface area contributed by atoms with Crippen molar-refractivity contribution in [1.29, 1.82) is 0 Å². The molecule has 1 aliphatic heterocycles. The van der Waals surface area contributed by atoms with Crippen LogP contribution in [-0.2, 0) is 6.54 Å². The van der Waals surface area contributed by atoms with Crippen molar-refractivity contribution in [3.63, 3.8) is 0 Å². The molecule has 126 valence electrons. The number of halogens is 1. The number of amides is 1. The van der Waals surface area contributed by atoms with E-state index in [0.717, 1.165) is 17.7 Å². The first-order chi connectivity index (χ1) is 11.5. The van der Waals surface area contributed by atoms with E-state index in [9.17, 15) is 9.90 Å². The van der Waals surface area contributed by atoms with Crippen LogP contribution in [0.3, 0.4) is 0 Å². The molecule has 0 aromatic heterocycles. The fourth-order valence-corrected chi connectivity index (χ4v) is 3.63. The Morgan fingerprint density at radius 1 is 1.25 bits per heavy atom. The monoisotopic (exact) mass is 344 g/mol. The van der Waals surface area contributed by atoms with E-state index in [1.54, 1.807) is 4.90 Å². The van der Waals surface area contributed by atoms with Crippen LogP contribution < -0.4 is 5.32 Å². The van der Waals surface area contributed by atoms with E-state index in [-0.39, 0.29) is 5.92 Å². The third kappa shape index (κ3) is 3.25. The highest BCUT2D eigenvalue weighted by Crippen LogP contribution is 2.37. The van der Waals surface area contributed by atoms with Gasteiger partial charge in [0.15, 0.2) is 0 Å². The molecule has 1 heterocycles. The molecule has 0 radical (unpaired) electrons. The number of hydrogen-bond donors (Lipinski definition) is 2. The highest BCUT2D eigenvalue weighted by atomic mass is 35.5. The zero-order chi connectivity index (χ0) is 17.2. The van der Waals surface area contributed by atoms with Crippen LogP contribution in [0.5, 0.6) is 0 Å². The van der Waals surface area contributed by atoms with E-state index in [1.165, 1.54) is 0 Å². The summed E-state index contributed by atoms with van der Waals surface area (Å²) in [6, 6.07) is 17.4. The van der Waals surface area contributed by atoms with Gasteiger partial charge in [0.25, 0.3) is 0 Å². The number of carbonyl (C=O) groups is 1. The minimum Gasteiger partial charge on any atom is -0.465 e. The van der Waals surface area contributed by atoms with E-state index >= 15 is 0 Å². The first-order valence-electron chi connectivity index (χ1n) is 8.01. The SMILES string of the molecule is C[C@]1(N(Cc2ccccc2)C(=O)O)CNC[C@@H]1c1ccc(Cl)cc1. The predicted molar refractivity (Wildman–Crippen MR) is 95.5 cm³/mol. The smallest absolute Gasteiger partial charge is 0.408 e. The summed E-state index contributed by atoms with van der Waals surface area (Å²) in [7, 11) is 0. The third-order valence-corrected chi connectivity index (χ3v) is 5.14. The molecule has 2 N–H and O–H groups in total. The van der Waals surface area contributed by atoms with Gasteiger partial charge in [0.2, 0.25) is 0 Å². The standard InChI is InChI=1S/C19H21ClN2O2/c1-19(22(18(23)24)12-14-5-3-2-4-6-14)13-21-11-17(19)15-7-9-16(20)10-8-15/h2-10,17,21H,11-13H2,1H3,(H,23,24)/t17-,19+/m1/s1. The van der Waals surface area contributed by atoms with Crippen LogP contribution in [-0.4, -0.2) is 34.7 Å². The van der Waals surface area contributed by atoms with Crippen molar-refractivity contribution in [1.82, 2.24) is 10.2 Å². The lowest BCUT2D eigenvalue weighted by atomic mass is 9.82. The lowest BCUT2D eigenvalue weighted by Gasteiger charge is -2.40. The average molecular weight is 345 g/mol. The highest BCUT2D eigenvalue weighted by molar-refractivity contribution is 6.30. The molecule has 2 aromatic rings. The topological polar surface area (TPSA) is 52.6 Å². The Morgan fingerprint density at radius 3 is 2.54 bits per heavy atom. The van der Waals surface area contributed by atoms with E-state index in [0.29, 0.717) is 18.1 Å². The minimum atomic E-state index is -0.899. The first kappa shape index (κ1) is 16.8. The molecule has 3 rings (SSSR count). The van der Waals surface area contributed by atoms with Gasteiger partial charge in [-0.15, -0.1) is 0 Å². The van der Waals surface area contributed by atoms with Crippen LogP contribution in [0.4, 0.5) is 4.79 Å². The molecular formula is C19H21ClN2O2. The Balaban J connectivity index is 1.92. The molecule has 2 aromatic carbocycles. The molecule has 2 atom stereocenters. The van der Waals surface area contributed by atoms with Gasteiger partial charge >= 0.3 is 6.09 Å². The quantitative estimate of drug-likeness (QED) is 0.882. The van der Waals surface area contributed by atoms with Gasteiger partial charge in [0.05, 0.1) is 5.54 Å². The zero-order valence-electron chi connectivity index (χ0n) is 13.6. The second-order valence-corrected chi connectivity index (χ2v) is 6.88.